The Labute approximate surface area is 393 Å². The predicted octanol–water partition coefficient (Wildman–Crippen LogP) is 7.05. The Morgan fingerprint density at radius 2 is 1.75 bits per heavy atom. The van der Waals surface area contributed by atoms with Crippen molar-refractivity contribution in [2.75, 3.05) is 58.1 Å². The van der Waals surface area contributed by atoms with Gasteiger partial charge in [0.05, 0.1) is 23.7 Å². The molecule has 0 spiro atoms. The smallest absolute Gasteiger partial charge is 0.293 e. The van der Waals surface area contributed by atoms with E-state index in [2.05, 4.69) is 107 Å². The maximum atomic E-state index is 14.1. The van der Waals surface area contributed by atoms with Crippen LogP contribution in [0.2, 0.25) is 0 Å². The van der Waals surface area contributed by atoms with Gasteiger partial charge in [0.25, 0.3) is 11.5 Å². The van der Waals surface area contributed by atoms with Crippen LogP contribution < -0.4 is 30.9 Å². The maximum Gasteiger partial charge on any atom is 0.293 e. The van der Waals surface area contributed by atoms with Gasteiger partial charge >= 0.3 is 0 Å². The molecule has 7 heterocycles. The number of rotatable bonds is 10. The number of nitrogens with zero attached hydrogens (tertiary/aromatic N) is 9. The monoisotopic (exact) mass is 908 g/mol. The van der Waals surface area contributed by atoms with Gasteiger partial charge in [-0.1, -0.05) is 41.2 Å². The fourth-order valence-electron chi connectivity index (χ4n) is 10.9. The number of carbonyl (C=O) groups excluding carboxylic acids is 2. The molecule has 5 aromatic rings. The van der Waals surface area contributed by atoms with Gasteiger partial charge in [-0.25, -0.2) is 9.97 Å². The van der Waals surface area contributed by atoms with Crippen molar-refractivity contribution in [2.45, 2.75) is 111 Å². The van der Waals surface area contributed by atoms with Crippen molar-refractivity contribution in [1.82, 2.24) is 29.0 Å². The second-order valence-corrected chi connectivity index (χ2v) is 20.8. The third-order valence-corrected chi connectivity index (χ3v) is 14.3. The quantitative estimate of drug-likeness (QED) is 0.124. The van der Waals surface area contributed by atoms with Crippen molar-refractivity contribution >= 4 is 46.2 Å². The number of amides is 2. The van der Waals surface area contributed by atoms with Gasteiger partial charge < -0.3 is 34.7 Å². The summed E-state index contributed by atoms with van der Waals surface area (Å²) in [5, 5.41) is 17.1. The average Bonchev–Trinajstić information content (AvgIpc) is 3.79. The highest BCUT2D eigenvalue weighted by Gasteiger charge is 2.38. The summed E-state index contributed by atoms with van der Waals surface area (Å²) in [4.78, 5) is 63.9. The average molecular weight is 908 g/mol. The number of aryl methyl sites for hydroxylation is 1. The normalized spacial score (nSPS) is 20.7. The number of aliphatic hydroxyl groups is 1. The number of hydrogen-bond acceptors (Lipinski definition) is 11. The molecule has 0 bridgehead atoms. The predicted molar refractivity (Wildman–Crippen MR) is 266 cm³/mol. The zero-order valence-electron chi connectivity index (χ0n) is 40.3. The SMILES string of the molecule is C=CC(=O)Nc1cc(Nc2nc(-c3ccnc(N4CCn5c(cc6c5CC(C)(C)C6)C4=O)c3CO)cn(C)c2=O)ccc1N1CCN(C2CCN(c3ccnc(C(C)(C)C)c3)[C@H](C)C2)C[C@@H]1C. The topological polar surface area (TPSA) is 157 Å². The summed E-state index contributed by atoms with van der Waals surface area (Å²) in [5.41, 5.74) is 8.66. The van der Waals surface area contributed by atoms with E-state index < -0.39 is 6.61 Å². The molecule has 352 valence electrons. The molecule has 0 saturated carbocycles. The van der Waals surface area contributed by atoms with E-state index in [4.69, 9.17) is 4.98 Å². The van der Waals surface area contributed by atoms with Crippen molar-refractivity contribution in [3.8, 4) is 11.3 Å². The lowest BCUT2D eigenvalue weighted by Gasteiger charge is -2.48. The zero-order chi connectivity index (χ0) is 47.5. The number of hydrogen-bond donors (Lipinski definition) is 3. The number of pyridine rings is 2. The summed E-state index contributed by atoms with van der Waals surface area (Å²) in [6.45, 7) is 23.6. The summed E-state index contributed by atoms with van der Waals surface area (Å²) in [5.74, 6) is -0.0768. The third kappa shape index (κ3) is 8.86. The van der Waals surface area contributed by atoms with Crippen LogP contribution in [0.3, 0.4) is 0 Å². The summed E-state index contributed by atoms with van der Waals surface area (Å²) in [7, 11) is 1.65. The van der Waals surface area contributed by atoms with Gasteiger partial charge in [-0.3, -0.25) is 29.2 Å². The summed E-state index contributed by atoms with van der Waals surface area (Å²) in [6, 6.07) is 14.9. The number of benzene rings is 1. The summed E-state index contributed by atoms with van der Waals surface area (Å²) < 4.78 is 3.59. The molecule has 1 unspecified atom stereocenters. The van der Waals surface area contributed by atoms with Gasteiger partial charge in [0.15, 0.2) is 5.82 Å². The van der Waals surface area contributed by atoms with Crippen LogP contribution in [0.25, 0.3) is 11.3 Å². The summed E-state index contributed by atoms with van der Waals surface area (Å²) >= 11 is 0. The number of anilines is 6. The van der Waals surface area contributed by atoms with Crippen molar-refractivity contribution < 1.29 is 14.7 Å². The molecule has 1 aromatic carbocycles. The second-order valence-electron chi connectivity index (χ2n) is 20.8. The molecular formula is C52H65N11O4. The minimum Gasteiger partial charge on any atom is -0.392 e. The molecule has 15 heteroatoms. The molecule has 4 aromatic heterocycles. The first-order chi connectivity index (χ1) is 31.9. The zero-order valence-corrected chi connectivity index (χ0v) is 40.3. The van der Waals surface area contributed by atoms with Crippen molar-refractivity contribution in [2.24, 2.45) is 12.5 Å². The molecule has 2 saturated heterocycles. The van der Waals surface area contributed by atoms with Crippen molar-refractivity contribution in [1.29, 1.82) is 0 Å². The molecule has 3 atom stereocenters. The van der Waals surface area contributed by atoms with Gasteiger partial charge in [-0.2, -0.15) is 0 Å². The molecule has 0 radical (unpaired) electrons. The van der Waals surface area contributed by atoms with Gasteiger partial charge in [0.1, 0.15) is 11.5 Å². The van der Waals surface area contributed by atoms with Crippen LogP contribution in [0.4, 0.5) is 34.4 Å². The highest BCUT2D eigenvalue weighted by Crippen LogP contribution is 2.41. The first-order valence-corrected chi connectivity index (χ1v) is 23.7. The first kappa shape index (κ1) is 45.8. The van der Waals surface area contributed by atoms with E-state index in [0.717, 1.165) is 63.2 Å². The lowest BCUT2D eigenvalue weighted by Crippen LogP contribution is -2.58. The number of fused-ring (bicyclic) bond motifs is 3. The molecule has 67 heavy (non-hydrogen) atoms. The second kappa shape index (κ2) is 17.7. The first-order valence-electron chi connectivity index (χ1n) is 23.7. The minimum absolute atomic E-state index is 0.00941. The van der Waals surface area contributed by atoms with Gasteiger partial charge in [0.2, 0.25) is 5.91 Å². The van der Waals surface area contributed by atoms with Crippen LogP contribution >= 0.6 is 0 Å². The number of nitrogens with one attached hydrogen (secondary N) is 2. The number of carbonyl (C=O) groups is 2. The summed E-state index contributed by atoms with van der Waals surface area (Å²) in [6.07, 6.45) is 10.4. The fourth-order valence-corrected chi connectivity index (χ4v) is 10.9. The highest BCUT2D eigenvalue weighted by molar-refractivity contribution is 6.06. The Hall–Kier alpha value is -6.32. The molecule has 9 rings (SSSR count). The highest BCUT2D eigenvalue weighted by atomic mass is 16.3. The van der Waals surface area contributed by atoms with Crippen molar-refractivity contribution in [3.05, 3.63) is 112 Å². The third-order valence-electron chi connectivity index (χ3n) is 14.3. The molecule has 3 aliphatic heterocycles. The van der Waals surface area contributed by atoms with E-state index in [1.54, 1.807) is 30.4 Å². The Kier molecular flexibility index (Phi) is 12.1. The van der Waals surface area contributed by atoms with Crippen LogP contribution in [0, 0.1) is 5.41 Å². The lowest BCUT2D eigenvalue weighted by molar-refractivity contribution is -0.111. The van der Waals surface area contributed by atoms with Crippen LogP contribution in [-0.2, 0) is 43.3 Å². The standard InChI is InChI=1S/C52H65N11O4/c1-10-46(65)56-40-25-35(11-12-42(40)61-20-19-59(29-33(61)3)36-15-18-60(32(2)23-36)37-13-16-53-45(26-37)51(4,5)6)55-47-50(67)58(9)30-41(57-47)38-14-17-54-48(39(38)31-64)63-22-21-62-43(49(63)66)24-34-27-52(7,8)28-44(34)62/h10-14,16-17,24-26,30,32-33,36,64H,1,15,18-23,27-29,31H2,2-9H3,(H,55,57)(H,56,65)/t32-,33+,36?/m1/s1. The van der Waals surface area contributed by atoms with Crippen LogP contribution in [-0.4, -0.2) is 96.8 Å². The lowest BCUT2D eigenvalue weighted by atomic mass is 9.90. The number of aromatic nitrogens is 5. The van der Waals surface area contributed by atoms with E-state index in [0.29, 0.717) is 64.9 Å². The van der Waals surface area contributed by atoms with E-state index in [1.807, 2.05) is 30.5 Å². The Balaban J connectivity index is 0.924. The Bertz CT molecular complexity index is 2800. The fraction of sp³-hybridized carbons (Fsp3) is 0.462. The Morgan fingerprint density at radius 3 is 2.48 bits per heavy atom. The molecule has 1 aliphatic carbocycles. The molecule has 15 nitrogen and oxygen atoms in total. The van der Waals surface area contributed by atoms with Crippen LogP contribution in [0.5, 0.6) is 0 Å². The molecule has 2 fully saturated rings. The maximum absolute atomic E-state index is 14.1. The van der Waals surface area contributed by atoms with Gasteiger partial charge in [-0.15, -0.1) is 0 Å². The van der Waals surface area contributed by atoms with E-state index in [9.17, 15) is 19.5 Å². The van der Waals surface area contributed by atoms with Gasteiger partial charge in [-0.05, 0) is 99.0 Å². The van der Waals surface area contributed by atoms with Crippen LogP contribution in [0.15, 0.2) is 78.5 Å². The van der Waals surface area contributed by atoms with E-state index in [-0.39, 0.29) is 40.1 Å². The Morgan fingerprint density at radius 1 is 0.955 bits per heavy atom. The van der Waals surface area contributed by atoms with E-state index in [1.165, 1.54) is 27.6 Å². The van der Waals surface area contributed by atoms with Crippen LogP contribution in [0.1, 0.15) is 94.3 Å². The minimum atomic E-state index is -0.398. The molecule has 4 aliphatic rings. The van der Waals surface area contributed by atoms with E-state index >= 15 is 0 Å². The number of piperidine rings is 1. The molecular weight excluding hydrogens is 843 g/mol. The number of aliphatic hydroxyl groups excluding tert-OH is 1. The largest absolute Gasteiger partial charge is 0.392 e. The number of piperazine rings is 1. The molecule has 2 amide bonds. The molecule has 3 N–H and O–H groups in total. The van der Waals surface area contributed by atoms with Gasteiger partial charge in [0, 0.05) is 122 Å². The van der Waals surface area contributed by atoms with Crippen molar-refractivity contribution in [3.63, 3.8) is 0 Å².